The fourth-order valence-corrected chi connectivity index (χ4v) is 2.25. The lowest BCUT2D eigenvalue weighted by Crippen LogP contribution is -2.19. The monoisotopic (exact) mass is 308 g/mol. The van der Waals surface area contributed by atoms with Crippen LogP contribution in [0.2, 0.25) is 5.02 Å². The van der Waals surface area contributed by atoms with Gasteiger partial charge in [0, 0.05) is 5.69 Å². The number of anilines is 2. The van der Waals surface area contributed by atoms with Crippen molar-refractivity contribution in [2.24, 2.45) is 0 Å². The number of benzene rings is 2. The van der Waals surface area contributed by atoms with E-state index in [1.807, 2.05) is 26.0 Å². The minimum atomic E-state index is -0.381. The quantitative estimate of drug-likeness (QED) is 0.771. The van der Waals surface area contributed by atoms with Crippen molar-refractivity contribution in [1.29, 1.82) is 0 Å². The fourth-order valence-electron chi connectivity index (χ4n) is 1.82. The molecule has 0 saturated heterocycles. The number of hydrogen-bond donors (Lipinski definition) is 2. The molecule has 0 spiro atoms. The Kier molecular flexibility index (Phi) is 4.57. The Morgan fingerprint density at radius 1 is 1.05 bits per heavy atom. The second kappa shape index (κ2) is 6.20. The molecule has 104 valence electrons. The molecule has 2 aromatic rings. The summed E-state index contributed by atoms with van der Waals surface area (Å²) in [5.74, 6) is -0.381. The van der Waals surface area contributed by atoms with Crippen molar-refractivity contribution in [1.82, 2.24) is 0 Å². The number of halogens is 2. The summed E-state index contributed by atoms with van der Waals surface area (Å²) < 4.78 is 13.0. The molecule has 2 nitrogen and oxygen atoms in total. The second-order valence-corrected chi connectivity index (χ2v) is 5.34. The molecule has 5 heteroatoms. The Bertz CT molecular complexity index is 603. The number of aryl methyl sites for hydroxylation is 2. The van der Waals surface area contributed by atoms with Gasteiger partial charge < -0.3 is 10.6 Å². The molecular formula is C15H14ClFN2S. The molecule has 2 aromatic carbocycles. The summed E-state index contributed by atoms with van der Waals surface area (Å²) in [6.07, 6.45) is 0. The maximum Gasteiger partial charge on any atom is 0.175 e. The van der Waals surface area contributed by atoms with Crippen LogP contribution in [-0.2, 0) is 0 Å². The maximum absolute atomic E-state index is 13.0. The van der Waals surface area contributed by atoms with Gasteiger partial charge in [0.2, 0.25) is 0 Å². The Hall–Kier alpha value is -1.65. The fraction of sp³-hybridized carbons (Fsp3) is 0.133. The van der Waals surface area contributed by atoms with Crippen LogP contribution in [0.4, 0.5) is 15.8 Å². The lowest BCUT2D eigenvalue weighted by Gasteiger charge is -2.13. The molecular weight excluding hydrogens is 295 g/mol. The van der Waals surface area contributed by atoms with E-state index in [1.165, 1.54) is 17.7 Å². The zero-order valence-corrected chi connectivity index (χ0v) is 12.7. The van der Waals surface area contributed by atoms with E-state index < -0.39 is 0 Å². The van der Waals surface area contributed by atoms with Gasteiger partial charge in [0.05, 0.1) is 10.7 Å². The van der Waals surface area contributed by atoms with Gasteiger partial charge in [0.1, 0.15) is 5.82 Å². The number of thiocarbonyl (C=S) groups is 1. The number of nitrogens with one attached hydrogen (secondary N) is 2. The minimum Gasteiger partial charge on any atom is -0.332 e. The highest BCUT2D eigenvalue weighted by Gasteiger charge is 2.05. The van der Waals surface area contributed by atoms with Crippen LogP contribution in [0.3, 0.4) is 0 Å². The maximum atomic E-state index is 13.0. The van der Waals surface area contributed by atoms with Crippen LogP contribution in [0, 0.1) is 19.7 Å². The number of rotatable bonds is 2. The molecule has 0 aliphatic heterocycles. The van der Waals surface area contributed by atoms with E-state index in [9.17, 15) is 4.39 Å². The standard InChI is InChI=1S/C15H14ClFN2S/c1-9-3-5-13(10(2)7-9)18-15(20)19-14-6-4-11(17)8-12(14)16/h3-8H,1-2H3,(H2,18,19,20). The van der Waals surface area contributed by atoms with Crippen LogP contribution >= 0.6 is 23.8 Å². The van der Waals surface area contributed by atoms with E-state index in [4.69, 9.17) is 23.8 Å². The second-order valence-electron chi connectivity index (χ2n) is 4.52. The van der Waals surface area contributed by atoms with Crippen LogP contribution in [0.1, 0.15) is 11.1 Å². The van der Waals surface area contributed by atoms with Crippen LogP contribution in [-0.4, -0.2) is 5.11 Å². The molecule has 0 aromatic heterocycles. The van der Waals surface area contributed by atoms with E-state index in [0.29, 0.717) is 10.8 Å². The predicted octanol–water partition coefficient (Wildman–Crippen LogP) is 4.90. The molecule has 0 unspecified atom stereocenters. The van der Waals surface area contributed by atoms with Crippen molar-refractivity contribution in [3.63, 3.8) is 0 Å². The highest BCUT2D eigenvalue weighted by Crippen LogP contribution is 2.23. The molecule has 0 atom stereocenters. The van der Waals surface area contributed by atoms with Gasteiger partial charge in [-0.15, -0.1) is 0 Å². The van der Waals surface area contributed by atoms with Crippen molar-refractivity contribution >= 4 is 40.3 Å². The molecule has 0 saturated carbocycles. The van der Waals surface area contributed by atoms with Gasteiger partial charge in [-0.3, -0.25) is 0 Å². The summed E-state index contributed by atoms with van der Waals surface area (Å²) in [5.41, 5.74) is 3.77. The van der Waals surface area contributed by atoms with Crippen molar-refractivity contribution < 1.29 is 4.39 Å². The van der Waals surface area contributed by atoms with Gasteiger partial charge in [-0.05, 0) is 55.9 Å². The summed E-state index contributed by atoms with van der Waals surface area (Å²) in [6, 6.07) is 10.1. The van der Waals surface area contributed by atoms with Gasteiger partial charge in [0.25, 0.3) is 0 Å². The Morgan fingerprint density at radius 2 is 1.70 bits per heavy atom. The Morgan fingerprint density at radius 3 is 2.35 bits per heavy atom. The summed E-state index contributed by atoms with van der Waals surface area (Å²) in [4.78, 5) is 0. The average Bonchev–Trinajstić information content (AvgIpc) is 2.36. The van der Waals surface area contributed by atoms with Crippen molar-refractivity contribution in [3.05, 3.63) is 58.4 Å². The van der Waals surface area contributed by atoms with Gasteiger partial charge in [-0.25, -0.2) is 4.39 Å². The minimum absolute atomic E-state index is 0.287. The van der Waals surface area contributed by atoms with Crippen LogP contribution in [0.25, 0.3) is 0 Å². The zero-order chi connectivity index (χ0) is 14.7. The highest BCUT2D eigenvalue weighted by molar-refractivity contribution is 7.80. The van der Waals surface area contributed by atoms with Crippen molar-refractivity contribution in [3.8, 4) is 0 Å². The van der Waals surface area contributed by atoms with Gasteiger partial charge in [-0.1, -0.05) is 29.3 Å². The predicted molar refractivity (Wildman–Crippen MR) is 87.2 cm³/mol. The third-order valence-electron chi connectivity index (χ3n) is 2.81. The van der Waals surface area contributed by atoms with Gasteiger partial charge >= 0.3 is 0 Å². The van der Waals surface area contributed by atoms with Crippen molar-refractivity contribution in [2.45, 2.75) is 13.8 Å². The van der Waals surface area contributed by atoms with Crippen LogP contribution in [0.5, 0.6) is 0 Å². The first-order chi connectivity index (χ1) is 9.45. The largest absolute Gasteiger partial charge is 0.332 e. The topological polar surface area (TPSA) is 24.1 Å². The van der Waals surface area contributed by atoms with E-state index in [-0.39, 0.29) is 10.8 Å². The third-order valence-corrected chi connectivity index (χ3v) is 3.33. The molecule has 0 heterocycles. The van der Waals surface area contributed by atoms with E-state index >= 15 is 0 Å². The molecule has 0 bridgehead atoms. The van der Waals surface area contributed by atoms with Crippen LogP contribution in [0.15, 0.2) is 36.4 Å². The molecule has 0 aliphatic rings. The van der Waals surface area contributed by atoms with Crippen LogP contribution < -0.4 is 10.6 Å². The molecule has 2 N–H and O–H groups in total. The van der Waals surface area contributed by atoms with E-state index in [1.54, 1.807) is 6.07 Å². The number of hydrogen-bond acceptors (Lipinski definition) is 1. The normalized spacial score (nSPS) is 10.2. The van der Waals surface area contributed by atoms with Crippen molar-refractivity contribution in [2.75, 3.05) is 10.6 Å². The lowest BCUT2D eigenvalue weighted by atomic mass is 10.1. The molecule has 0 radical (unpaired) electrons. The summed E-state index contributed by atoms with van der Waals surface area (Å²) in [7, 11) is 0. The zero-order valence-electron chi connectivity index (χ0n) is 11.1. The first kappa shape index (κ1) is 14.8. The smallest absolute Gasteiger partial charge is 0.175 e. The van der Waals surface area contributed by atoms with Gasteiger partial charge in [0.15, 0.2) is 5.11 Å². The van der Waals surface area contributed by atoms with Gasteiger partial charge in [-0.2, -0.15) is 0 Å². The summed E-state index contributed by atoms with van der Waals surface area (Å²) >= 11 is 11.2. The third kappa shape index (κ3) is 3.68. The van der Waals surface area contributed by atoms with E-state index in [0.717, 1.165) is 11.3 Å². The Balaban J connectivity index is 2.09. The summed E-state index contributed by atoms with van der Waals surface area (Å²) in [5, 5.41) is 6.74. The lowest BCUT2D eigenvalue weighted by molar-refractivity contribution is 0.628. The molecule has 0 fully saturated rings. The SMILES string of the molecule is Cc1ccc(NC(=S)Nc2ccc(F)cc2Cl)c(C)c1. The molecule has 2 rings (SSSR count). The highest BCUT2D eigenvalue weighted by atomic mass is 35.5. The molecule has 20 heavy (non-hydrogen) atoms. The summed E-state index contributed by atoms with van der Waals surface area (Å²) in [6.45, 7) is 4.04. The average molecular weight is 309 g/mol. The first-order valence-electron chi connectivity index (χ1n) is 6.06. The Labute approximate surface area is 128 Å². The first-order valence-corrected chi connectivity index (χ1v) is 6.84. The molecule has 0 aliphatic carbocycles. The molecule has 0 amide bonds. The van der Waals surface area contributed by atoms with E-state index in [2.05, 4.69) is 16.7 Å².